The summed E-state index contributed by atoms with van der Waals surface area (Å²) in [4.78, 5) is 12.3. The van der Waals surface area contributed by atoms with Crippen LogP contribution in [0.5, 0.6) is 0 Å². The van der Waals surface area contributed by atoms with Crippen molar-refractivity contribution in [1.82, 2.24) is 10.6 Å². The molecule has 1 aliphatic rings. The Labute approximate surface area is 113 Å². The number of amides is 1. The van der Waals surface area contributed by atoms with Crippen LogP contribution in [0.2, 0.25) is 5.02 Å². The Morgan fingerprint density at radius 2 is 2.22 bits per heavy atom. The number of carbonyl (C=O) groups excluding carboxylic acids is 1. The minimum absolute atomic E-state index is 0.0661. The van der Waals surface area contributed by atoms with Crippen LogP contribution in [0.4, 0.5) is 0 Å². The first-order chi connectivity index (χ1) is 8.53. The van der Waals surface area contributed by atoms with Gasteiger partial charge in [-0.05, 0) is 38.4 Å². The SMILES string of the molecule is CC(NC(=O)C1(C)CCNC1)c1ccccc1Cl. The van der Waals surface area contributed by atoms with E-state index in [2.05, 4.69) is 10.6 Å². The summed E-state index contributed by atoms with van der Waals surface area (Å²) in [6.07, 6.45) is 0.883. The van der Waals surface area contributed by atoms with Gasteiger partial charge in [-0.25, -0.2) is 0 Å². The maximum atomic E-state index is 12.3. The average molecular weight is 267 g/mol. The van der Waals surface area contributed by atoms with Gasteiger partial charge in [0.1, 0.15) is 0 Å². The van der Waals surface area contributed by atoms with E-state index < -0.39 is 0 Å². The van der Waals surface area contributed by atoms with Gasteiger partial charge in [-0.3, -0.25) is 4.79 Å². The molecule has 2 atom stereocenters. The first-order valence-corrected chi connectivity index (χ1v) is 6.67. The number of halogens is 1. The molecule has 0 radical (unpaired) electrons. The minimum Gasteiger partial charge on any atom is -0.349 e. The monoisotopic (exact) mass is 266 g/mol. The molecule has 4 heteroatoms. The number of rotatable bonds is 3. The quantitative estimate of drug-likeness (QED) is 0.883. The topological polar surface area (TPSA) is 41.1 Å². The smallest absolute Gasteiger partial charge is 0.227 e. The number of nitrogens with one attached hydrogen (secondary N) is 2. The Morgan fingerprint density at radius 1 is 1.50 bits per heavy atom. The molecule has 1 aromatic carbocycles. The van der Waals surface area contributed by atoms with E-state index in [0.29, 0.717) is 5.02 Å². The summed E-state index contributed by atoms with van der Waals surface area (Å²) in [5, 5.41) is 6.98. The molecule has 0 aliphatic carbocycles. The second-order valence-electron chi connectivity index (χ2n) is 5.20. The van der Waals surface area contributed by atoms with E-state index in [9.17, 15) is 4.79 Å². The van der Waals surface area contributed by atoms with Crippen LogP contribution in [0.25, 0.3) is 0 Å². The number of carbonyl (C=O) groups is 1. The van der Waals surface area contributed by atoms with E-state index in [0.717, 1.165) is 25.1 Å². The lowest BCUT2D eigenvalue weighted by Crippen LogP contribution is -2.41. The van der Waals surface area contributed by atoms with Crippen LogP contribution in [-0.4, -0.2) is 19.0 Å². The molecule has 2 N–H and O–H groups in total. The molecule has 1 saturated heterocycles. The van der Waals surface area contributed by atoms with Crippen molar-refractivity contribution in [3.05, 3.63) is 34.9 Å². The Bertz CT molecular complexity index is 441. The van der Waals surface area contributed by atoms with Crippen molar-refractivity contribution in [3.63, 3.8) is 0 Å². The molecule has 3 nitrogen and oxygen atoms in total. The summed E-state index contributed by atoms with van der Waals surface area (Å²) < 4.78 is 0. The first-order valence-electron chi connectivity index (χ1n) is 6.29. The van der Waals surface area contributed by atoms with Crippen molar-refractivity contribution >= 4 is 17.5 Å². The van der Waals surface area contributed by atoms with E-state index in [1.807, 2.05) is 38.1 Å². The van der Waals surface area contributed by atoms with Gasteiger partial charge < -0.3 is 10.6 Å². The van der Waals surface area contributed by atoms with Gasteiger partial charge >= 0.3 is 0 Å². The van der Waals surface area contributed by atoms with Crippen LogP contribution in [0.1, 0.15) is 31.9 Å². The molecular formula is C14H19ClN2O. The zero-order chi connectivity index (χ0) is 13.2. The predicted molar refractivity (Wildman–Crippen MR) is 73.6 cm³/mol. The molecule has 2 rings (SSSR count). The second kappa shape index (κ2) is 5.29. The molecule has 1 aromatic rings. The molecule has 0 aromatic heterocycles. The molecule has 18 heavy (non-hydrogen) atoms. The summed E-state index contributed by atoms with van der Waals surface area (Å²) >= 11 is 6.13. The minimum atomic E-state index is -0.296. The molecule has 0 bridgehead atoms. The van der Waals surface area contributed by atoms with Crippen LogP contribution in [-0.2, 0) is 4.79 Å². The van der Waals surface area contributed by atoms with Crippen molar-refractivity contribution in [3.8, 4) is 0 Å². The standard InChI is InChI=1S/C14H19ClN2O/c1-10(11-5-3-4-6-12(11)15)17-13(18)14(2)7-8-16-9-14/h3-6,10,16H,7-9H2,1-2H3,(H,17,18). The molecule has 2 unspecified atom stereocenters. The summed E-state index contributed by atoms with van der Waals surface area (Å²) in [7, 11) is 0. The fraction of sp³-hybridized carbons (Fsp3) is 0.500. The van der Waals surface area contributed by atoms with Crippen LogP contribution >= 0.6 is 11.6 Å². The average Bonchev–Trinajstić information content (AvgIpc) is 2.78. The number of benzene rings is 1. The van der Waals surface area contributed by atoms with Gasteiger partial charge in [0.05, 0.1) is 11.5 Å². The largest absolute Gasteiger partial charge is 0.349 e. The highest BCUT2D eigenvalue weighted by molar-refractivity contribution is 6.31. The van der Waals surface area contributed by atoms with Gasteiger partial charge in [0.15, 0.2) is 0 Å². The number of hydrogen-bond donors (Lipinski definition) is 2. The Kier molecular flexibility index (Phi) is 3.93. The van der Waals surface area contributed by atoms with Crippen molar-refractivity contribution in [1.29, 1.82) is 0 Å². The normalized spacial score (nSPS) is 24.8. The number of hydrogen-bond acceptors (Lipinski definition) is 2. The Hall–Kier alpha value is -1.06. The first kappa shape index (κ1) is 13.4. The molecule has 98 valence electrons. The van der Waals surface area contributed by atoms with Crippen LogP contribution in [0.15, 0.2) is 24.3 Å². The fourth-order valence-electron chi connectivity index (χ4n) is 2.29. The zero-order valence-electron chi connectivity index (χ0n) is 10.8. The summed E-state index contributed by atoms with van der Waals surface area (Å²) in [6.45, 7) is 5.62. The van der Waals surface area contributed by atoms with E-state index in [4.69, 9.17) is 11.6 Å². The summed E-state index contributed by atoms with van der Waals surface area (Å²) in [5.41, 5.74) is 0.664. The van der Waals surface area contributed by atoms with Crippen molar-refractivity contribution in [2.24, 2.45) is 5.41 Å². The van der Waals surface area contributed by atoms with Crippen LogP contribution in [0.3, 0.4) is 0 Å². The molecular weight excluding hydrogens is 248 g/mol. The zero-order valence-corrected chi connectivity index (χ0v) is 11.6. The highest BCUT2D eigenvalue weighted by atomic mass is 35.5. The summed E-state index contributed by atoms with van der Waals surface area (Å²) in [6, 6.07) is 7.55. The molecule has 0 spiro atoms. The third-order valence-electron chi connectivity index (χ3n) is 3.64. The van der Waals surface area contributed by atoms with Gasteiger partial charge in [0.2, 0.25) is 5.91 Å². The van der Waals surface area contributed by atoms with Crippen LogP contribution < -0.4 is 10.6 Å². The summed E-state index contributed by atoms with van der Waals surface area (Å²) in [5.74, 6) is 0.0971. The lowest BCUT2D eigenvalue weighted by Gasteiger charge is -2.25. The van der Waals surface area contributed by atoms with Crippen molar-refractivity contribution in [2.75, 3.05) is 13.1 Å². The van der Waals surface area contributed by atoms with Crippen LogP contribution in [0, 0.1) is 5.41 Å². The fourth-order valence-corrected chi connectivity index (χ4v) is 2.59. The molecule has 1 heterocycles. The molecule has 1 aliphatic heterocycles. The van der Waals surface area contributed by atoms with E-state index in [1.54, 1.807) is 0 Å². The lowest BCUT2D eigenvalue weighted by atomic mass is 9.88. The Balaban J connectivity index is 2.06. The van der Waals surface area contributed by atoms with Gasteiger partial charge in [0.25, 0.3) is 0 Å². The van der Waals surface area contributed by atoms with E-state index >= 15 is 0 Å². The molecule has 0 saturated carbocycles. The van der Waals surface area contributed by atoms with Gasteiger partial charge in [-0.15, -0.1) is 0 Å². The Morgan fingerprint density at radius 3 is 2.83 bits per heavy atom. The third kappa shape index (κ3) is 2.68. The second-order valence-corrected chi connectivity index (χ2v) is 5.61. The lowest BCUT2D eigenvalue weighted by molar-refractivity contribution is -0.129. The highest BCUT2D eigenvalue weighted by Crippen LogP contribution is 2.27. The van der Waals surface area contributed by atoms with Gasteiger partial charge in [0, 0.05) is 11.6 Å². The highest BCUT2D eigenvalue weighted by Gasteiger charge is 2.36. The van der Waals surface area contributed by atoms with Gasteiger partial charge in [-0.1, -0.05) is 29.8 Å². The van der Waals surface area contributed by atoms with Crippen molar-refractivity contribution in [2.45, 2.75) is 26.3 Å². The van der Waals surface area contributed by atoms with E-state index in [1.165, 1.54) is 0 Å². The van der Waals surface area contributed by atoms with Gasteiger partial charge in [-0.2, -0.15) is 0 Å². The maximum absolute atomic E-state index is 12.3. The third-order valence-corrected chi connectivity index (χ3v) is 3.98. The van der Waals surface area contributed by atoms with Crippen molar-refractivity contribution < 1.29 is 4.79 Å². The maximum Gasteiger partial charge on any atom is 0.227 e. The predicted octanol–water partition coefficient (Wildman–Crippen LogP) is 2.52. The molecule has 1 fully saturated rings. The van der Waals surface area contributed by atoms with E-state index in [-0.39, 0.29) is 17.4 Å². The molecule has 1 amide bonds.